The lowest BCUT2D eigenvalue weighted by molar-refractivity contribution is -0.145. The van der Waals surface area contributed by atoms with E-state index in [1.807, 2.05) is 6.07 Å². The topological polar surface area (TPSA) is 98.1 Å². The van der Waals surface area contributed by atoms with Crippen LogP contribution in [0.2, 0.25) is 0 Å². The average Bonchev–Trinajstić information content (AvgIpc) is 3.61. The standard InChI is InChI=1S/C25H24N2O6S/c28-22(18-9-5-13-32-18)26-23-20(17-8-4-10-19(17)34-23)25(30)33-21(16-6-2-1-3-7-16)24(29)27-11-14-31-15-12-27/h1-3,5-7,9,13,21H,4,8,10-12,14-15H2,(H,26,28)/t21-/m1/s1. The third-order valence-corrected chi connectivity index (χ3v) is 7.18. The fourth-order valence-corrected chi connectivity index (χ4v) is 5.56. The monoisotopic (exact) mass is 480 g/mol. The summed E-state index contributed by atoms with van der Waals surface area (Å²) in [4.78, 5) is 42.2. The van der Waals surface area contributed by atoms with E-state index in [4.69, 9.17) is 13.9 Å². The number of nitrogens with zero attached hydrogens (tertiary/aromatic N) is 1. The summed E-state index contributed by atoms with van der Waals surface area (Å²) in [7, 11) is 0. The second-order valence-corrected chi connectivity index (χ2v) is 9.23. The summed E-state index contributed by atoms with van der Waals surface area (Å²) in [5.41, 5.74) is 1.81. The molecule has 1 atom stereocenters. The van der Waals surface area contributed by atoms with Gasteiger partial charge in [0.15, 0.2) is 5.76 Å². The summed E-state index contributed by atoms with van der Waals surface area (Å²) in [6.45, 7) is 1.78. The van der Waals surface area contributed by atoms with Crippen molar-refractivity contribution in [3.8, 4) is 0 Å². The van der Waals surface area contributed by atoms with Crippen LogP contribution in [-0.2, 0) is 27.1 Å². The van der Waals surface area contributed by atoms with E-state index in [9.17, 15) is 14.4 Å². The van der Waals surface area contributed by atoms with E-state index in [1.54, 1.807) is 41.3 Å². The number of hydrogen-bond donors (Lipinski definition) is 1. The van der Waals surface area contributed by atoms with Crippen molar-refractivity contribution in [3.63, 3.8) is 0 Å². The molecule has 1 aliphatic heterocycles. The van der Waals surface area contributed by atoms with Crippen molar-refractivity contribution in [2.45, 2.75) is 25.4 Å². The molecule has 2 aliphatic rings. The quantitative estimate of drug-likeness (QED) is 0.539. The minimum atomic E-state index is -1.09. The third kappa shape index (κ3) is 4.49. The van der Waals surface area contributed by atoms with Crippen molar-refractivity contribution in [2.75, 3.05) is 31.6 Å². The SMILES string of the molecule is O=C(Nc1sc2c(c1C(=O)O[C@@H](C(=O)N1CCOCC1)c1ccccc1)CCC2)c1ccco1. The highest BCUT2D eigenvalue weighted by atomic mass is 32.1. The van der Waals surface area contributed by atoms with Gasteiger partial charge in [-0.2, -0.15) is 0 Å². The highest BCUT2D eigenvalue weighted by molar-refractivity contribution is 7.17. The number of furan rings is 1. The Morgan fingerprint density at radius 1 is 1.03 bits per heavy atom. The van der Waals surface area contributed by atoms with Gasteiger partial charge in [-0.3, -0.25) is 9.59 Å². The Bertz CT molecular complexity index is 1180. The number of thiophene rings is 1. The summed E-state index contributed by atoms with van der Waals surface area (Å²) in [6, 6.07) is 12.2. The number of benzene rings is 1. The van der Waals surface area contributed by atoms with Gasteiger partial charge in [-0.05, 0) is 37.0 Å². The van der Waals surface area contributed by atoms with Crippen LogP contribution in [0.4, 0.5) is 5.00 Å². The molecule has 0 saturated carbocycles. The number of hydrogen-bond acceptors (Lipinski definition) is 7. The summed E-state index contributed by atoms with van der Waals surface area (Å²) >= 11 is 1.38. The van der Waals surface area contributed by atoms with E-state index in [0.717, 1.165) is 29.7 Å². The number of amides is 2. The number of carbonyl (C=O) groups excluding carboxylic acids is 3. The fraction of sp³-hybridized carbons (Fsp3) is 0.320. The highest BCUT2D eigenvalue weighted by Crippen LogP contribution is 2.40. The lowest BCUT2D eigenvalue weighted by Crippen LogP contribution is -2.44. The van der Waals surface area contributed by atoms with Crippen molar-refractivity contribution >= 4 is 34.1 Å². The number of carbonyl (C=O) groups is 3. The van der Waals surface area contributed by atoms with Gasteiger partial charge in [-0.15, -0.1) is 11.3 Å². The van der Waals surface area contributed by atoms with E-state index in [2.05, 4.69) is 5.32 Å². The Morgan fingerprint density at radius 3 is 2.56 bits per heavy atom. The maximum atomic E-state index is 13.5. The number of nitrogens with one attached hydrogen (secondary N) is 1. The minimum Gasteiger partial charge on any atom is -0.459 e. The van der Waals surface area contributed by atoms with E-state index < -0.39 is 18.0 Å². The van der Waals surface area contributed by atoms with E-state index in [0.29, 0.717) is 42.4 Å². The highest BCUT2D eigenvalue weighted by Gasteiger charge is 2.34. The zero-order valence-electron chi connectivity index (χ0n) is 18.5. The summed E-state index contributed by atoms with van der Waals surface area (Å²) in [6.07, 6.45) is 2.83. The maximum absolute atomic E-state index is 13.5. The molecule has 34 heavy (non-hydrogen) atoms. The lowest BCUT2D eigenvalue weighted by atomic mass is 10.1. The first kappa shape index (κ1) is 22.4. The summed E-state index contributed by atoms with van der Waals surface area (Å²) < 4.78 is 16.4. The first-order chi connectivity index (χ1) is 16.6. The molecule has 9 heteroatoms. The fourth-order valence-electron chi connectivity index (χ4n) is 4.29. The zero-order chi connectivity index (χ0) is 23.5. The average molecular weight is 481 g/mol. The van der Waals surface area contributed by atoms with E-state index in [1.165, 1.54) is 17.6 Å². The van der Waals surface area contributed by atoms with Gasteiger partial charge in [0.25, 0.3) is 11.8 Å². The second kappa shape index (κ2) is 9.82. The predicted molar refractivity (Wildman–Crippen MR) is 125 cm³/mol. The van der Waals surface area contributed by atoms with Gasteiger partial charge < -0.3 is 24.1 Å². The number of esters is 1. The first-order valence-electron chi connectivity index (χ1n) is 11.2. The van der Waals surface area contributed by atoms with Crippen LogP contribution in [-0.4, -0.2) is 49.0 Å². The van der Waals surface area contributed by atoms with Crippen LogP contribution < -0.4 is 5.32 Å². The van der Waals surface area contributed by atoms with Crippen molar-refractivity contribution < 1.29 is 28.3 Å². The van der Waals surface area contributed by atoms with Crippen LogP contribution in [0.15, 0.2) is 53.1 Å². The number of aryl methyl sites for hydroxylation is 1. The molecular weight excluding hydrogens is 456 g/mol. The molecule has 5 rings (SSSR count). The number of morpholine rings is 1. The van der Waals surface area contributed by atoms with Crippen LogP contribution >= 0.6 is 11.3 Å². The van der Waals surface area contributed by atoms with Gasteiger partial charge >= 0.3 is 5.97 Å². The molecule has 1 aromatic carbocycles. The van der Waals surface area contributed by atoms with Crippen LogP contribution in [0.25, 0.3) is 0 Å². The van der Waals surface area contributed by atoms with Gasteiger partial charge in [-0.25, -0.2) is 4.79 Å². The summed E-state index contributed by atoms with van der Waals surface area (Å²) in [5.74, 6) is -1.19. The number of rotatable bonds is 6. The molecule has 0 spiro atoms. The van der Waals surface area contributed by atoms with E-state index >= 15 is 0 Å². The molecule has 8 nitrogen and oxygen atoms in total. The summed E-state index contributed by atoms with van der Waals surface area (Å²) in [5, 5.41) is 3.22. The molecule has 3 aromatic rings. The molecule has 2 amide bonds. The van der Waals surface area contributed by atoms with Gasteiger partial charge in [0.1, 0.15) is 5.00 Å². The molecule has 1 N–H and O–H groups in total. The predicted octanol–water partition coefficient (Wildman–Crippen LogP) is 3.84. The van der Waals surface area contributed by atoms with Crippen molar-refractivity contribution in [1.29, 1.82) is 0 Å². The molecule has 0 bridgehead atoms. The number of ether oxygens (including phenoxy) is 2. The Labute approximate surface area is 200 Å². The van der Waals surface area contributed by atoms with E-state index in [-0.39, 0.29) is 11.7 Å². The normalized spacial score (nSPS) is 16.1. The molecular formula is C25H24N2O6S. The molecule has 1 fully saturated rings. The lowest BCUT2D eigenvalue weighted by Gasteiger charge is -2.30. The van der Waals surface area contributed by atoms with Crippen LogP contribution in [0.3, 0.4) is 0 Å². The molecule has 0 unspecified atom stereocenters. The van der Waals surface area contributed by atoms with Crippen LogP contribution in [0.1, 0.15) is 49.4 Å². The third-order valence-electron chi connectivity index (χ3n) is 5.97. The largest absolute Gasteiger partial charge is 0.459 e. The smallest absolute Gasteiger partial charge is 0.342 e. The van der Waals surface area contributed by atoms with Crippen molar-refractivity contribution in [1.82, 2.24) is 4.90 Å². The number of fused-ring (bicyclic) bond motifs is 1. The molecule has 1 saturated heterocycles. The van der Waals surface area contributed by atoms with Crippen molar-refractivity contribution in [3.05, 3.63) is 76.1 Å². The Balaban J connectivity index is 1.44. The second-order valence-electron chi connectivity index (χ2n) is 8.13. The maximum Gasteiger partial charge on any atom is 0.342 e. The Hall–Kier alpha value is -3.43. The van der Waals surface area contributed by atoms with Crippen LogP contribution in [0, 0.1) is 0 Å². The Morgan fingerprint density at radius 2 is 1.82 bits per heavy atom. The number of anilines is 1. The van der Waals surface area contributed by atoms with Gasteiger partial charge in [0, 0.05) is 23.5 Å². The Kier molecular flexibility index (Phi) is 6.46. The van der Waals surface area contributed by atoms with Gasteiger partial charge in [0.05, 0.1) is 25.0 Å². The van der Waals surface area contributed by atoms with Crippen molar-refractivity contribution in [2.24, 2.45) is 0 Å². The molecule has 176 valence electrons. The van der Waals surface area contributed by atoms with Crippen LogP contribution in [0.5, 0.6) is 0 Å². The first-order valence-corrected chi connectivity index (χ1v) is 12.1. The van der Waals surface area contributed by atoms with Gasteiger partial charge in [0.2, 0.25) is 6.10 Å². The molecule has 3 heterocycles. The molecule has 2 aromatic heterocycles. The molecule has 1 aliphatic carbocycles. The zero-order valence-corrected chi connectivity index (χ0v) is 19.3. The minimum absolute atomic E-state index is 0.150. The van der Waals surface area contributed by atoms with Gasteiger partial charge in [-0.1, -0.05) is 30.3 Å². The molecule has 0 radical (unpaired) electrons.